The van der Waals surface area contributed by atoms with Crippen molar-refractivity contribution in [3.8, 4) is 0 Å². The minimum atomic E-state index is -0.636. The van der Waals surface area contributed by atoms with Crippen molar-refractivity contribution in [3.63, 3.8) is 0 Å². The Labute approximate surface area is 111 Å². The van der Waals surface area contributed by atoms with Gasteiger partial charge in [0.05, 0.1) is 6.20 Å². The van der Waals surface area contributed by atoms with Crippen molar-refractivity contribution < 1.29 is 4.79 Å². The number of amides is 1. The number of fused-ring (bicyclic) bond motifs is 1. The molecule has 0 aliphatic carbocycles. The second kappa shape index (κ2) is 4.51. The van der Waals surface area contributed by atoms with Crippen molar-refractivity contribution in [2.45, 2.75) is 19.1 Å². The SMILES string of the molecule is Cn1cc(C(N)C(=O)N2Cc3ccccc3C2)cn1. The van der Waals surface area contributed by atoms with Gasteiger partial charge in [-0.1, -0.05) is 24.3 Å². The summed E-state index contributed by atoms with van der Waals surface area (Å²) in [6, 6.07) is 7.46. The minimum Gasteiger partial charge on any atom is -0.332 e. The fourth-order valence-corrected chi connectivity index (χ4v) is 2.43. The normalized spacial score (nSPS) is 15.4. The summed E-state index contributed by atoms with van der Waals surface area (Å²) in [5.41, 5.74) is 9.18. The molecule has 0 bridgehead atoms. The molecular formula is C14H16N4O. The third-order valence-corrected chi connectivity index (χ3v) is 3.50. The van der Waals surface area contributed by atoms with Gasteiger partial charge in [-0.25, -0.2) is 0 Å². The van der Waals surface area contributed by atoms with Crippen LogP contribution in [0.3, 0.4) is 0 Å². The smallest absolute Gasteiger partial charge is 0.244 e. The van der Waals surface area contributed by atoms with Gasteiger partial charge in [0, 0.05) is 31.9 Å². The highest BCUT2D eigenvalue weighted by Gasteiger charge is 2.28. The summed E-state index contributed by atoms with van der Waals surface area (Å²) < 4.78 is 1.65. The molecule has 2 aromatic rings. The molecule has 1 aromatic heterocycles. The van der Waals surface area contributed by atoms with E-state index < -0.39 is 6.04 Å². The zero-order valence-electron chi connectivity index (χ0n) is 10.8. The van der Waals surface area contributed by atoms with E-state index in [4.69, 9.17) is 5.73 Å². The van der Waals surface area contributed by atoms with E-state index in [0.29, 0.717) is 13.1 Å². The van der Waals surface area contributed by atoms with Gasteiger partial charge in [0.25, 0.3) is 0 Å². The molecule has 5 heteroatoms. The van der Waals surface area contributed by atoms with E-state index in [1.807, 2.05) is 19.2 Å². The lowest BCUT2D eigenvalue weighted by Gasteiger charge is -2.19. The number of nitrogens with two attached hydrogens (primary N) is 1. The maximum atomic E-state index is 12.4. The van der Waals surface area contributed by atoms with Crippen molar-refractivity contribution in [2.75, 3.05) is 0 Å². The van der Waals surface area contributed by atoms with Gasteiger partial charge in [-0.05, 0) is 11.1 Å². The molecule has 0 fully saturated rings. The first-order valence-corrected chi connectivity index (χ1v) is 6.25. The van der Waals surface area contributed by atoms with Gasteiger partial charge in [0.1, 0.15) is 6.04 Å². The largest absolute Gasteiger partial charge is 0.332 e. The third kappa shape index (κ3) is 2.13. The Kier molecular flexibility index (Phi) is 2.83. The van der Waals surface area contributed by atoms with Gasteiger partial charge in [-0.2, -0.15) is 5.10 Å². The van der Waals surface area contributed by atoms with E-state index in [1.54, 1.807) is 22.0 Å². The van der Waals surface area contributed by atoms with Crippen LogP contribution in [0.25, 0.3) is 0 Å². The highest BCUT2D eigenvalue weighted by molar-refractivity contribution is 5.83. The van der Waals surface area contributed by atoms with Crippen LogP contribution in [0.4, 0.5) is 0 Å². The Morgan fingerprint density at radius 2 is 1.95 bits per heavy atom. The molecule has 1 aliphatic rings. The van der Waals surface area contributed by atoms with Crippen LogP contribution in [-0.2, 0) is 24.9 Å². The van der Waals surface area contributed by atoms with Gasteiger partial charge in [0.15, 0.2) is 0 Å². The molecule has 5 nitrogen and oxygen atoms in total. The second-order valence-electron chi connectivity index (χ2n) is 4.89. The minimum absolute atomic E-state index is 0.0517. The number of hydrogen-bond donors (Lipinski definition) is 1. The Balaban J connectivity index is 1.76. The molecular weight excluding hydrogens is 240 g/mol. The van der Waals surface area contributed by atoms with E-state index in [1.165, 1.54) is 11.1 Å². The topological polar surface area (TPSA) is 64.2 Å². The first-order chi connectivity index (χ1) is 9.15. The summed E-state index contributed by atoms with van der Waals surface area (Å²) in [6.07, 6.45) is 3.43. The Bertz CT molecular complexity index is 594. The lowest BCUT2D eigenvalue weighted by Crippen LogP contribution is -2.34. The molecule has 1 amide bonds. The predicted molar refractivity (Wildman–Crippen MR) is 70.8 cm³/mol. The van der Waals surface area contributed by atoms with Crippen LogP contribution < -0.4 is 5.73 Å². The highest BCUT2D eigenvalue weighted by Crippen LogP contribution is 2.24. The third-order valence-electron chi connectivity index (χ3n) is 3.50. The summed E-state index contributed by atoms with van der Waals surface area (Å²) >= 11 is 0. The highest BCUT2D eigenvalue weighted by atomic mass is 16.2. The van der Waals surface area contributed by atoms with Crippen LogP contribution in [0, 0.1) is 0 Å². The molecule has 0 spiro atoms. The van der Waals surface area contributed by atoms with Gasteiger partial charge in [-0.15, -0.1) is 0 Å². The standard InChI is InChI=1S/C14H16N4O/c1-17-7-12(6-16-17)13(15)14(19)18-8-10-4-2-3-5-11(10)9-18/h2-7,13H,8-9,15H2,1H3. The van der Waals surface area contributed by atoms with Crippen LogP contribution in [0.5, 0.6) is 0 Å². The fourth-order valence-electron chi connectivity index (χ4n) is 2.43. The molecule has 98 valence electrons. The average molecular weight is 256 g/mol. The lowest BCUT2D eigenvalue weighted by atomic mass is 10.1. The van der Waals surface area contributed by atoms with Crippen LogP contribution >= 0.6 is 0 Å². The van der Waals surface area contributed by atoms with Crippen LogP contribution in [0.1, 0.15) is 22.7 Å². The Hall–Kier alpha value is -2.14. The maximum Gasteiger partial charge on any atom is 0.244 e. The van der Waals surface area contributed by atoms with E-state index in [2.05, 4.69) is 17.2 Å². The molecule has 0 saturated carbocycles. The predicted octanol–water partition coefficient (Wildman–Crippen LogP) is 0.962. The van der Waals surface area contributed by atoms with Gasteiger partial charge < -0.3 is 10.6 Å². The van der Waals surface area contributed by atoms with Crippen molar-refractivity contribution in [3.05, 3.63) is 53.3 Å². The number of hydrogen-bond acceptors (Lipinski definition) is 3. The zero-order valence-corrected chi connectivity index (χ0v) is 10.8. The zero-order chi connectivity index (χ0) is 13.4. The van der Waals surface area contributed by atoms with Crippen LogP contribution in [0.15, 0.2) is 36.7 Å². The molecule has 0 saturated heterocycles. The van der Waals surface area contributed by atoms with E-state index in [-0.39, 0.29) is 5.91 Å². The summed E-state index contributed by atoms with van der Waals surface area (Å²) in [5.74, 6) is -0.0517. The maximum absolute atomic E-state index is 12.4. The number of rotatable bonds is 2. The molecule has 0 radical (unpaired) electrons. The second-order valence-corrected chi connectivity index (χ2v) is 4.89. The summed E-state index contributed by atoms with van der Waals surface area (Å²) in [4.78, 5) is 14.2. The first-order valence-electron chi connectivity index (χ1n) is 6.25. The summed E-state index contributed by atoms with van der Waals surface area (Å²) in [7, 11) is 1.81. The molecule has 1 aromatic carbocycles. The number of benzene rings is 1. The van der Waals surface area contributed by atoms with E-state index >= 15 is 0 Å². The van der Waals surface area contributed by atoms with Crippen molar-refractivity contribution >= 4 is 5.91 Å². The molecule has 1 aliphatic heterocycles. The lowest BCUT2D eigenvalue weighted by molar-refractivity contribution is -0.133. The van der Waals surface area contributed by atoms with Gasteiger partial charge in [-0.3, -0.25) is 9.48 Å². The number of aromatic nitrogens is 2. The summed E-state index contributed by atoms with van der Waals surface area (Å²) in [5, 5.41) is 4.05. The number of aryl methyl sites for hydroxylation is 1. The van der Waals surface area contributed by atoms with Crippen molar-refractivity contribution in [1.29, 1.82) is 0 Å². The molecule has 3 rings (SSSR count). The molecule has 1 atom stereocenters. The number of carbonyl (C=O) groups is 1. The van der Waals surface area contributed by atoms with E-state index in [0.717, 1.165) is 5.56 Å². The first kappa shape index (κ1) is 11.9. The van der Waals surface area contributed by atoms with Gasteiger partial charge in [0.2, 0.25) is 5.91 Å². The monoisotopic (exact) mass is 256 g/mol. The Morgan fingerprint density at radius 1 is 1.32 bits per heavy atom. The van der Waals surface area contributed by atoms with E-state index in [9.17, 15) is 4.79 Å². The quantitative estimate of drug-likeness (QED) is 0.870. The number of carbonyl (C=O) groups excluding carboxylic acids is 1. The molecule has 1 unspecified atom stereocenters. The van der Waals surface area contributed by atoms with Crippen molar-refractivity contribution in [1.82, 2.24) is 14.7 Å². The van der Waals surface area contributed by atoms with Crippen molar-refractivity contribution in [2.24, 2.45) is 12.8 Å². The molecule has 2 heterocycles. The fraction of sp³-hybridized carbons (Fsp3) is 0.286. The summed E-state index contributed by atoms with van der Waals surface area (Å²) in [6.45, 7) is 1.28. The molecule has 2 N–H and O–H groups in total. The average Bonchev–Trinajstić information content (AvgIpc) is 3.02. The van der Waals surface area contributed by atoms with Crippen LogP contribution in [-0.4, -0.2) is 20.6 Å². The van der Waals surface area contributed by atoms with Crippen LogP contribution in [0.2, 0.25) is 0 Å². The van der Waals surface area contributed by atoms with Gasteiger partial charge >= 0.3 is 0 Å². The number of nitrogens with zero attached hydrogens (tertiary/aromatic N) is 3. The molecule has 19 heavy (non-hydrogen) atoms. The Morgan fingerprint density at radius 3 is 2.47 bits per heavy atom.